The Bertz CT molecular complexity index is 740. The molecule has 0 fully saturated rings. The van der Waals surface area contributed by atoms with Crippen molar-refractivity contribution in [3.05, 3.63) is 52.6 Å². The first-order valence-corrected chi connectivity index (χ1v) is 7.36. The Morgan fingerprint density at radius 3 is 2.80 bits per heavy atom. The van der Waals surface area contributed by atoms with Gasteiger partial charge in [0.05, 0.1) is 4.88 Å². The summed E-state index contributed by atoms with van der Waals surface area (Å²) in [6.45, 7) is 0. The van der Waals surface area contributed by atoms with Crippen LogP contribution in [0.3, 0.4) is 0 Å². The summed E-state index contributed by atoms with van der Waals surface area (Å²) in [5, 5.41) is 10.5. The fraction of sp³-hybridized carbons (Fsp3) is 0. The Morgan fingerprint density at radius 1 is 1.20 bits per heavy atom. The van der Waals surface area contributed by atoms with E-state index in [1.165, 1.54) is 34.3 Å². The van der Waals surface area contributed by atoms with Gasteiger partial charge in [-0.3, -0.25) is 10.1 Å². The molecule has 0 aliphatic carbocycles. The van der Waals surface area contributed by atoms with Crippen molar-refractivity contribution in [3.63, 3.8) is 0 Å². The lowest BCUT2D eigenvalue weighted by molar-refractivity contribution is 0.103. The van der Waals surface area contributed by atoms with Crippen LogP contribution in [-0.4, -0.2) is 16.1 Å². The molecule has 2 aromatic heterocycles. The Hall–Kier alpha value is -2.12. The van der Waals surface area contributed by atoms with Gasteiger partial charge < -0.3 is 0 Å². The third-order valence-electron chi connectivity index (χ3n) is 2.55. The number of aromatic nitrogens is 2. The second-order valence-electron chi connectivity index (χ2n) is 3.84. The van der Waals surface area contributed by atoms with Gasteiger partial charge in [0.1, 0.15) is 11.3 Å². The number of carbonyl (C=O) groups is 1. The second kappa shape index (κ2) is 5.48. The molecular formula is C13H8FN3OS2. The first-order chi connectivity index (χ1) is 9.74. The number of carbonyl (C=O) groups excluding carboxylic acids is 1. The maximum Gasteiger partial charge on any atom is 0.267 e. The smallest absolute Gasteiger partial charge is 0.267 e. The van der Waals surface area contributed by atoms with Crippen LogP contribution in [-0.2, 0) is 0 Å². The molecule has 0 aliphatic rings. The van der Waals surface area contributed by atoms with E-state index < -0.39 is 0 Å². The number of nitrogens with one attached hydrogen (secondary N) is 1. The molecule has 20 heavy (non-hydrogen) atoms. The molecule has 0 bridgehead atoms. The number of amides is 1. The molecule has 4 nitrogen and oxygen atoms in total. The molecule has 1 aromatic carbocycles. The lowest BCUT2D eigenvalue weighted by atomic mass is 10.2. The highest BCUT2D eigenvalue weighted by atomic mass is 32.1. The van der Waals surface area contributed by atoms with Crippen LogP contribution in [0.15, 0.2) is 41.9 Å². The van der Waals surface area contributed by atoms with Crippen molar-refractivity contribution in [1.82, 2.24) is 10.2 Å². The third kappa shape index (κ3) is 2.59. The van der Waals surface area contributed by atoms with Crippen LogP contribution < -0.4 is 5.32 Å². The quantitative estimate of drug-likeness (QED) is 0.803. The monoisotopic (exact) mass is 305 g/mol. The predicted molar refractivity (Wildman–Crippen MR) is 77.6 cm³/mol. The largest absolute Gasteiger partial charge is 0.296 e. The third-order valence-corrected chi connectivity index (χ3v) is 4.27. The first-order valence-electron chi connectivity index (χ1n) is 5.66. The van der Waals surface area contributed by atoms with E-state index in [1.54, 1.807) is 30.3 Å². The molecule has 0 aliphatic heterocycles. The summed E-state index contributed by atoms with van der Waals surface area (Å²) in [5.41, 5.74) is 2.03. The summed E-state index contributed by atoms with van der Waals surface area (Å²) >= 11 is 2.48. The molecule has 1 N–H and O–H groups in total. The minimum absolute atomic E-state index is 0.269. The van der Waals surface area contributed by atoms with E-state index in [2.05, 4.69) is 15.5 Å². The zero-order chi connectivity index (χ0) is 13.9. The number of hydrogen-bond donors (Lipinski definition) is 1. The molecule has 0 radical (unpaired) electrons. The van der Waals surface area contributed by atoms with Crippen molar-refractivity contribution in [2.75, 3.05) is 5.32 Å². The lowest BCUT2D eigenvalue weighted by Crippen LogP contribution is -2.09. The normalized spacial score (nSPS) is 10.4. The maximum atomic E-state index is 13.7. The van der Waals surface area contributed by atoms with E-state index in [9.17, 15) is 9.18 Å². The van der Waals surface area contributed by atoms with Gasteiger partial charge in [-0.1, -0.05) is 29.5 Å². The SMILES string of the molecule is O=C(Nc1nncs1)c1ccc(-c2ccccc2F)s1. The molecule has 100 valence electrons. The van der Waals surface area contributed by atoms with E-state index >= 15 is 0 Å². The van der Waals surface area contributed by atoms with E-state index in [-0.39, 0.29) is 11.7 Å². The number of hydrogen-bond acceptors (Lipinski definition) is 5. The molecule has 3 aromatic rings. The Kier molecular flexibility index (Phi) is 3.53. The minimum atomic E-state index is -0.301. The highest BCUT2D eigenvalue weighted by molar-refractivity contribution is 7.17. The van der Waals surface area contributed by atoms with Crippen molar-refractivity contribution in [2.45, 2.75) is 0 Å². The fourth-order valence-electron chi connectivity index (χ4n) is 1.65. The van der Waals surface area contributed by atoms with E-state index in [4.69, 9.17) is 0 Å². The summed E-state index contributed by atoms with van der Waals surface area (Å²) in [5.74, 6) is -0.570. The van der Waals surface area contributed by atoms with E-state index in [0.717, 1.165) is 0 Å². The van der Waals surface area contributed by atoms with Gasteiger partial charge in [0, 0.05) is 10.4 Å². The zero-order valence-corrected chi connectivity index (χ0v) is 11.7. The zero-order valence-electron chi connectivity index (χ0n) is 10.0. The molecule has 1 amide bonds. The number of benzene rings is 1. The summed E-state index contributed by atoms with van der Waals surface area (Å²) in [6, 6.07) is 9.89. The van der Waals surface area contributed by atoms with Crippen LogP contribution >= 0.6 is 22.7 Å². The summed E-state index contributed by atoms with van der Waals surface area (Å²) in [7, 11) is 0. The number of halogens is 1. The van der Waals surface area contributed by atoms with E-state index in [1.807, 2.05) is 0 Å². The molecular weight excluding hydrogens is 297 g/mol. The molecule has 7 heteroatoms. The van der Waals surface area contributed by atoms with Gasteiger partial charge in [-0.15, -0.1) is 21.5 Å². The fourth-order valence-corrected chi connectivity index (χ4v) is 3.02. The number of nitrogens with zero attached hydrogens (tertiary/aromatic N) is 2. The Labute approximate surface area is 121 Å². The van der Waals surface area contributed by atoms with Crippen LogP contribution in [0.25, 0.3) is 10.4 Å². The summed E-state index contributed by atoms with van der Waals surface area (Å²) < 4.78 is 13.7. The Balaban J connectivity index is 1.83. The van der Waals surface area contributed by atoms with Gasteiger partial charge in [-0.2, -0.15) is 0 Å². The highest BCUT2D eigenvalue weighted by Crippen LogP contribution is 2.30. The average molecular weight is 305 g/mol. The van der Waals surface area contributed by atoms with Crippen LogP contribution in [0.5, 0.6) is 0 Å². The van der Waals surface area contributed by atoms with Crippen LogP contribution in [0, 0.1) is 5.82 Å². The topological polar surface area (TPSA) is 54.9 Å². The molecule has 2 heterocycles. The van der Waals surface area contributed by atoms with E-state index in [0.29, 0.717) is 20.4 Å². The molecule has 0 atom stereocenters. The van der Waals surface area contributed by atoms with Crippen molar-refractivity contribution in [3.8, 4) is 10.4 Å². The van der Waals surface area contributed by atoms with Crippen molar-refractivity contribution in [1.29, 1.82) is 0 Å². The van der Waals surface area contributed by atoms with Gasteiger partial charge in [0.2, 0.25) is 5.13 Å². The lowest BCUT2D eigenvalue weighted by Gasteiger charge is -1.99. The number of rotatable bonds is 3. The van der Waals surface area contributed by atoms with Gasteiger partial charge in [-0.05, 0) is 18.2 Å². The summed E-state index contributed by atoms with van der Waals surface area (Å²) in [6.07, 6.45) is 0. The van der Waals surface area contributed by atoms with Crippen molar-refractivity contribution in [2.24, 2.45) is 0 Å². The van der Waals surface area contributed by atoms with Gasteiger partial charge in [-0.25, -0.2) is 4.39 Å². The minimum Gasteiger partial charge on any atom is -0.296 e. The van der Waals surface area contributed by atoms with Crippen LogP contribution in [0.4, 0.5) is 9.52 Å². The molecule has 0 saturated heterocycles. The second-order valence-corrected chi connectivity index (χ2v) is 5.76. The molecule has 0 saturated carbocycles. The first kappa shape index (κ1) is 12.9. The molecule has 0 unspecified atom stereocenters. The standard InChI is InChI=1S/C13H8FN3OS2/c14-9-4-2-1-3-8(9)10-5-6-11(20-10)12(18)16-13-17-15-7-19-13/h1-7H,(H,16,17,18). The predicted octanol–water partition coefficient (Wildman–Crippen LogP) is 3.66. The van der Waals surface area contributed by atoms with Crippen molar-refractivity contribution < 1.29 is 9.18 Å². The highest BCUT2D eigenvalue weighted by Gasteiger charge is 2.13. The maximum absolute atomic E-state index is 13.7. The van der Waals surface area contributed by atoms with Gasteiger partial charge in [0.15, 0.2) is 0 Å². The molecule has 0 spiro atoms. The number of anilines is 1. The van der Waals surface area contributed by atoms with Crippen molar-refractivity contribution >= 4 is 33.7 Å². The summed E-state index contributed by atoms with van der Waals surface area (Å²) in [4.78, 5) is 13.2. The van der Waals surface area contributed by atoms with Gasteiger partial charge >= 0.3 is 0 Å². The van der Waals surface area contributed by atoms with Gasteiger partial charge in [0.25, 0.3) is 5.91 Å². The average Bonchev–Trinajstić information content (AvgIpc) is 3.10. The van der Waals surface area contributed by atoms with Crippen LogP contribution in [0.1, 0.15) is 9.67 Å². The Morgan fingerprint density at radius 2 is 2.05 bits per heavy atom. The van der Waals surface area contributed by atoms with Crippen LogP contribution in [0.2, 0.25) is 0 Å². The number of thiophene rings is 1. The molecule has 3 rings (SSSR count).